The number of aliphatic hydroxyl groups excluding tert-OH is 7. The zero-order valence-corrected chi connectivity index (χ0v) is 35.7. The van der Waals surface area contributed by atoms with Crippen molar-refractivity contribution in [3.05, 3.63) is 71.1 Å². The minimum absolute atomic E-state index is 0.00770. The highest BCUT2D eigenvalue weighted by atomic mass is 16.3. The van der Waals surface area contributed by atoms with Crippen LogP contribution >= 0.6 is 0 Å². The number of nitrogens with zero attached hydrogens (tertiary/aromatic N) is 1. The second-order valence-electron chi connectivity index (χ2n) is 18.0. The molecule has 2 aliphatic heterocycles. The fourth-order valence-electron chi connectivity index (χ4n) is 9.91. The number of ketones is 1. The number of nitrogens with one attached hydrogen (secondary N) is 2. The van der Waals surface area contributed by atoms with Crippen LogP contribution in [-0.4, -0.2) is 114 Å². The van der Waals surface area contributed by atoms with E-state index in [2.05, 4.69) is 11.4 Å². The molecule has 0 radical (unpaired) electrons. The van der Waals surface area contributed by atoms with Crippen LogP contribution in [-0.2, 0) is 9.59 Å². The molecule has 0 spiro atoms. The summed E-state index contributed by atoms with van der Waals surface area (Å²) in [7, 11) is 0. The van der Waals surface area contributed by atoms with Gasteiger partial charge in [-0.1, -0.05) is 75.0 Å². The van der Waals surface area contributed by atoms with Crippen LogP contribution in [0.1, 0.15) is 105 Å². The predicted octanol–water partition coefficient (Wildman–Crippen LogP) is 4.25. The van der Waals surface area contributed by atoms with E-state index < -0.39 is 53.7 Å². The molecule has 4 rings (SSSR count). The molecule has 2 saturated heterocycles. The van der Waals surface area contributed by atoms with Crippen molar-refractivity contribution in [3.63, 3.8) is 0 Å². The molecule has 0 aromatic heterocycles. The number of guanidine groups is 1. The van der Waals surface area contributed by atoms with Gasteiger partial charge in [0.05, 0.1) is 43.2 Å². The number of rotatable bonds is 19. The number of Topliss-reactive ketones (excluding diaryl/α,β-unsaturated/α-hetero) is 1. The first-order chi connectivity index (χ1) is 27.8. The van der Waals surface area contributed by atoms with Gasteiger partial charge in [0.1, 0.15) is 11.3 Å². The molecule has 3 fully saturated rings. The number of likely N-dealkylation sites (tertiary alicyclic amines) is 1. The second-order valence-corrected chi connectivity index (χ2v) is 18.0. The zero-order valence-electron chi connectivity index (χ0n) is 35.7. The van der Waals surface area contributed by atoms with Crippen LogP contribution < -0.4 is 11.1 Å². The van der Waals surface area contributed by atoms with E-state index in [4.69, 9.17) is 11.1 Å². The smallest absolute Gasteiger partial charge is 0.258 e. The highest BCUT2D eigenvalue weighted by Gasteiger charge is 2.54. The maximum Gasteiger partial charge on any atom is 0.258 e. The van der Waals surface area contributed by atoms with Crippen LogP contribution in [0.5, 0.6) is 0 Å². The van der Waals surface area contributed by atoms with Gasteiger partial charge in [0.2, 0.25) is 0 Å². The summed E-state index contributed by atoms with van der Waals surface area (Å²) < 4.78 is 0. The molecule has 0 aromatic carbocycles. The Labute approximate surface area is 350 Å². The monoisotopic (exact) mass is 825 g/mol. The van der Waals surface area contributed by atoms with Crippen molar-refractivity contribution >= 4 is 17.6 Å². The van der Waals surface area contributed by atoms with Crippen molar-refractivity contribution in [1.29, 1.82) is 5.41 Å². The molecule has 4 aliphatic rings. The van der Waals surface area contributed by atoms with Gasteiger partial charge in [-0.15, -0.1) is 0 Å². The van der Waals surface area contributed by atoms with E-state index in [1.807, 2.05) is 45.6 Å². The van der Waals surface area contributed by atoms with Crippen LogP contribution in [0.25, 0.3) is 0 Å². The van der Waals surface area contributed by atoms with Crippen LogP contribution in [0.4, 0.5) is 0 Å². The second kappa shape index (κ2) is 21.8. The lowest BCUT2D eigenvalue weighted by Gasteiger charge is -2.53. The Bertz CT molecular complexity index is 1640. The molecular formula is C46H72N4O9. The summed E-state index contributed by atoms with van der Waals surface area (Å²) in [6.45, 7) is 10.2. The molecule has 330 valence electrons. The summed E-state index contributed by atoms with van der Waals surface area (Å²) in [6.07, 6.45) is 16.1. The Balaban J connectivity index is 1.25. The molecule has 2 aliphatic carbocycles. The molecule has 0 aromatic rings. The number of amides is 1. The number of allylic oxidation sites excluding steroid dienone is 3. The zero-order chi connectivity index (χ0) is 43.6. The van der Waals surface area contributed by atoms with Crippen LogP contribution in [0.3, 0.4) is 0 Å². The van der Waals surface area contributed by atoms with Gasteiger partial charge in [0.25, 0.3) is 5.91 Å². The number of hydrogen-bond acceptors (Lipinski definition) is 10. The largest absolute Gasteiger partial charge is 0.511 e. The average molecular weight is 825 g/mol. The van der Waals surface area contributed by atoms with Gasteiger partial charge in [-0.25, -0.2) is 0 Å². The number of carbonyl (C=O) groups excluding carboxylic acids is 2. The molecule has 1 saturated carbocycles. The molecule has 59 heavy (non-hydrogen) atoms. The third-order valence-electron chi connectivity index (χ3n) is 13.5. The van der Waals surface area contributed by atoms with Crippen molar-refractivity contribution in [1.82, 2.24) is 10.2 Å². The summed E-state index contributed by atoms with van der Waals surface area (Å²) in [6, 6.07) is 0.0592. The summed E-state index contributed by atoms with van der Waals surface area (Å²) in [4.78, 5) is 27.3. The maximum absolute atomic E-state index is 12.8. The van der Waals surface area contributed by atoms with Crippen molar-refractivity contribution < 1.29 is 45.3 Å². The minimum Gasteiger partial charge on any atom is -0.511 e. The Kier molecular flexibility index (Phi) is 17.8. The number of fused-ring (bicyclic) bond motifs is 1. The van der Waals surface area contributed by atoms with E-state index in [1.165, 1.54) is 0 Å². The normalized spacial score (nSPS) is 31.2. The lowest BCUT2D eigenvalue weighted by Crippen LogP contribution is -2.48. The van der Waals surface area contributed by atoms with Crippen LogP contribution in [0.15, 0.2) is 71.1 Å². The lowest BCUT2D eigenvalue weighted by atomic mass is 9.52. The molecule has 13 unspecified atom stereocenters. The number of hydrogen-bond donors (Lipinski definition) is 10. The van der Waals surface area contributed by atoms with Gasteiger partial charge in [-0.2, -0.15) is 0 Å². The number of nitrogens with two attached hydrogens (primary N) is 1. The van der Waals surface area contributed by atoms with Gasteiger partial charge in [-0.3, -0.25) is 15.0 Å². The van der Waals surface area contributed by atoms with E-state index >= 15 is 0 Å². The molecule has 0 bridgehead atoms. The lowest BCUT2D eigenvalue weighted by molar-refractivity contribution is -0.118. The highest BCUT2D eigenvalue weighted by Crippen LogP contribution is 2.58. The first-order valence-electron chi connectivity index (χ1n) is 21.7. The van der Waals surface area contributed by atoms with Gasteiger partial charge in [0.15, 0.2) is 11.7 Å². The Morgan fingerprint density at radius 1 is 1.02 bits per heavy atom. The first-order valence-corrected chi connectivity index (χ1v) is 21.7. The molecule has 11 N–H and O–H groups in total. The van der Waals surface area contributed by atoms with Gasteiger partial charge < -0.3 is 51.7 Å². The van der Waals surface area contributed by atoms with E-state index in [1.54, 1.807) is 36.5 Å². The van der Waals surface area contributed by atoms with E-state index in [0.29, 0.717) is 44.9 Å². The average Bonchev–Trinajstić information content (AvgIpc) is 3.79. The number of aliphatic hydroxyl groups is 7. The van der Waals surface area contributed by atoms with E-state index in [-0.39, 0.29) is 72.3 Å². The summed E-state index contributed by atoms with van der Waals surface area (Å²) >= 11 is 0. The van der Waals surface area contributed by atoms with Gasteiger partial charge in [0, 0.05) is 23.9 Å². The summed E-state index contributed by atoms with van der Waals surface area (Å²) in [5, 5.41) is 85.8. The van der Waals surface area contributed by atoms with Gasteiger partial charge in [-0.05, 0) is 114 Å². The quantitative estimate of drug-likeness (QED) is 0.0221. The van der Waals surface area contributed by atoms with Crippen LogP contribution in [0, 0.1) is 40.4 Å². The molecule has 2 heterocycles. The predicted molar refractivity (Wildman–Crippen MR) is 229 cm³/mol. The third-order valence-corrected chi connectivity index (χ3v) is 13.5. The van der Waals surface area contributed by atoms with Crippen molar-refractivity contribution in [3.8, 4) is 0 Å². The maximum atomic E-state index is 12.8. The fraction of sp³-hybridized carbons (Fsp3) is 0.674. The summed E-state index contributed by atoms with van der Waals surface area (Å²) in [5.41, 5.74) is 6.33. The molecular weight excluding hydrogens is 753 g/mol. The van der Waals surface area contributed by atoms with Crippen LogP contribution in [0.2, 0.25) is 0 Å². The molecule has 13 atom stereocenters. The van der Waals surface area contributed by atoms with Crippen molar-refractivity contribution in [2.45, 2.75) is 148 Å². The minimum atomic E-state index is -0.899. The summed E-state index contributed by atoms with van der Waals surface area (Å²) in [5.74, 6) is -1.82. The SMILES string of the molecule is CC1=CC2CC(O)CCC2C(C)(/C(O)=C2\C(=O)CNC2=O)C1CCC(C)C(O)/C(C)=C/CC(O)/C=C/C(C)C(O)/C=C/CC(O)/C=C/CC(O)CC1CCCN1C(=N)N. The standard InChI is InChI=1S/C46H72N4O9/c1-27(39(55)13-7-11-33(51)10-6-12-35(53)25-32-9-8-22-50(32)45(47)48)14-17-34(52)18-15-28(2)42(57)29(3)16-20-37-30(4)23-31-24-36(54)19-21-38(31)46(37,5)43(58)41-40(56)26-49-44(41)59/h6-7,10,13-15,17,23,27,29,31-39,42,51-55,57-58H,8-9,11-12,16,18-22,24-26H2,1-5H3,(H3,47,48)(H,49,59)/b10-6+,13-7+,17-14+,28-15+,43-41-. The highest BCUT2D eigenvalue weighted by molar-refractivity contribution is 6.25. The topological polar surface area (TPSA) is 241 Å². The van der Waals surface area contributed by atoms with E-state index in [9.17, 15) is 45.3 Å². The Hall–Kier alpha value is -3.59. The van der Waals surface area contributed by atoms with Gasteiger partial charge >= 0.3 is 0 Å². The van der Waals surface area contributed by atoms with Crippen molar-refractivity contribution in [2.75, 3.05) is 13.1 Å². The molecule has 1 amide bonds. The van der Waals surface area contributed by atoms with Crippen molar-refractivity contribution in [2.24, 2.45) is 40.7 Å². The Morgan fingerprint density at radius 3 is 2.39 bits per heavy atom. The fourth-order valence-corrected chi connectivity index (χ4v) is 9.91. The molecule has 13 heteroatoms. The Morgan fingerprint density at radius 2 is 1.71 bits per heavy atom. The number of carbonyl (C=O) groups is 2. The molecule has 13 nitrogen and oxygen atoms in total. The third kappa shape index (κ3) is 12.5. The first kappa shape index (κ1) is 48.1. The van der Waals surface area contributed by atoms with E-state index in [0.717, 1.165) is 30.5 Å².